The van der Waals surface area contributed by atoms with Crippen LogP contribution in [0.25, 0.3) is 0 Å². The standard InChI is InChI=1S/C7H12.2C2H6/c1-4-6-7(3)5-2;2*1-2/h4-6H,1-3H3;2*1-2H3/b6-4-,7-5+;;. The van der Waals surface area contributed by atoms with Crippen LogP contribution in [0.2, 0.25) is 0 Å². The first-order valence-electron chi connectivity index (χ1n) is 4.57. The number of rotatable bonds is 1. The molecular formula is C11H24. The Hall–Kier alpha value is -0.520. The van der Waals surface area contributed by atoms with Gasteiger partial charge in [0.15, 0.2) is 0 Å². The maximum atomic E-state index is 2.08. The van der Waals surface area contributed by atoms with E-state index < -0.39 is 0 Å². The summed E-state index contributed by atoms with van der Waals surface area (Å²) in [6.07, 6.45) is 6.20. The predicted molar refractivity (Wildman–Crippen MR) is 56.9 cm³/mol. The summed E-state index contributed by atoms with van der Waals surface area (Å²) in [6, 6.07) is 0. The molecule has 0 unspecified atom stereocenters. The van der Waals surface area contributed by atoms with E-state index in [0.717, 1.165) is 0 Å². The minimum Gasteiger partial charge on any atom is -0.0874 e. The molecule has 0 saturated heterocycles. The molecule has 0 aromatic heterocycles. The summed E-state index contributed by atoms with van der Waals surface area (Å²) >= 11 is 0. The van der Waals surface area contributed by atoms with Crippen LogP contribution in [-0.4, -0.2) is 0 Å². The van der Waals surface area contributed by atoms with Crippen LogP contribution in [0.1, 0.15) is 48.5 Å². The molecule has 68 valence electrons. The van der Waals surface area contributed by atoms with Gasteiger partial charge in [0, 0.05) is 0 Å². The highest BCUT2D eigenvalue weighted by Gasteiger charge is 1.69. The lowest BCUT2D eigenvalue weighted by atomic mass is 10.3. The van der Waals surface area contributed by atoms with Gasteiger partial charge in [0.2, 0.25) is 0 Å². The van der Waals surface area contributed by atoms with Crippen molar-refractivity contribution in [2.24, 2.45) is 0 Å². The summed E-state index contributed by atoms with van der Waals surface area (Å²) in [5, 5.41) is 0. The highest BCUT2D eigenvalue weighted by atomic mass is 13.8. The van der Waals surface area contributed by atoms with Gasteiger partial charge < -0.3 is 0 Å². The summed E-state index contributed by atoms with van der Waals surface area (Å²) in [4.78, 5) is 0. The summed E-state index contributed by atoms with van der Waals surface area (Å²) < 4.78 is 0. The van der Waals surface area contributed by atoms with Gasteiger partial charge in [-0.1, -0.05) is 51.5 Å². The third kappa shape index (κ3) is 26.4. The first kappa shape index (κ1) is 16.8. The van der Waals surface area contributed by atoms with Crippen LogP contribution >= 0.6 is 0 Å². The van der Waals surface area contributed by atoms with Gasteiger partial charge in [0.25, 0.3) is 0 Å². The average Bonchev–Trinajstić information content (AvgIpc) is 2.12. The van der Waals surface area contributed by atoms with E-state index in [1.165, 1.54) is 5.57 Å². The molecule has 0 rings (SSSR count). The zero-order valence-corrected chi connectivity index (χ0v) is 9.23. The van der Waals surface area contributed by atoms with Crippen LogP contribution in [0.4, 0.5) is 0 Å². The van der Waals surface area contributed by atoms with Crippen molar-refractivity contribution in [3.8, 4) is 0 Å². The minimum atomic E-state index is 1.32. The fourth-order valence-corrected chi connectivity index (χ4v) is 0.359. The third-order valence-corrected chi connectivity index (χ3v) is 0.885. The maximum Gasteiger partial charge on any atom is -0.0401 e. The van der Waals surface area contributed by atoms with Crippen LogP contribution in [-0.2, 0) is 0 Å². The van der Waals surface area contributed by atoms with E-state index >= 15 is 0 Å². The summed E-state index contributed by atoms with van der Waals surface area (Å²) in [5.74, 6) is 0. The van der Waals surface area contributed by atoms with Crippen molar-refractivity contribution in [2.75, 3.05) is 0 Å². The highest BCUT2D eigenvalue weighted by molar-refractivity contribution is 5.13. The zero-order chi connectivity index (χ0) is 9.70. The van der Waals surface area contributed by atoms with Gasteiger partial charge in [0.1, 0.15) is 0 Å². The SMILES string of the molecule is C/C=C\C(C)=C\C.CC.CC. The highest BCUT2D eigenvalue weighted by Crippen LogP contribution is 1.91. The Morgan fingerprint density at radius 2 is 1.27 bits per heavy atom. The number of allylic oxidation sites excluding steroid dienone is 4. The Balaban J connectivity index is -0.000000138. The normalized spacial score (nSPS) is 9.55. The molecule has 0 amide bonds. The van der Waals surface area contributed by atoms with Gasteiger partial charge in [-0.2, -0.15) is 0 Å². The van der Waals surface area contributed by atoms with Gasteiger partial charge in [-0.25, -0.2) is 0 Å². The molecule has 0 aliphatic heterocycles. The Kier molecular flexibility index (Phi) is 34.7. The first-order valence-corrected chi connectivity index (χ1v) is 4.57. The molecule has 0 N–H and O–H groups in total. The van der Waals surface area contributed by atoms with Crippen LogP contribution in [0.15, 0.2) is 23.8 Å². The molecule has 0 aliphatic rings. The lowest BCUT2D eigenvalue weighted by Gasteiger charge is -1.81. The van der Waals surface area contributed by atoms with Gasteiger partial charge in [-0.15, -0.1) is 0 Å². The van der Waals surface area contributed by atoms with Crippen molar-refractivity contribution in [2.45, 2.75) is 48.5 Å². The van der Waals surface area contributed by atoms with Gasteiger partial charge in [-0.3, -0.25) is 0 Å². The smallest absolute Gasteiger partial charge is 0.0401 e. The van der Waals surface area contributed by atoms with Crippen molar-refractivity contribution in [3.63, 3.8) is 0 Å². The minimum absolute atomic E-state index is 1.32. The third-order valence-electron chi connectivity index (χ3n) is 0.885. The molecule has 11 heavy (non-hydrogen) atoms. The molecule has 0 nitrogen and oxygen atoms in total. The fraction of sp³-hybridized carbons (Fsp3) is 0.636. The lowest BCUT2D eigenvalue weighted by Crippen LogP contribution is -1.60. The lowest BCUT2D eigenvalue weighted by molar-refractivity contribution is 1.46. The van der Waals surface area contributed by atoms with Crippen molar-refractivity contribution in [1.29, 1.82) is 0 Å². The largest absolute Gasteiger partial charge is 0.0874 e. The van der Waals surface area contributed by atoms with E-state index in [-0.39, 0.29) is 0 Å². The molecule has 0 heteroatoms. The molecule has 0 heterocycles. The Labute approximate surface area is 73.0 Å². The van der Waals surface area contributed by atoms with Crippen LogP contribution < -0.4 is 0 Å². The Morgan fingerprint density at radius 1 is 0.909 bits per heavy atom. The molecule has 0 fully saturated rings. The molecule has 0 aromatic carbocycles. The van der Waals surface area contributed by atoms with E-state index in [1.54, 1.807) is 0 Å². The molecule has 0 aromatic rings. The molecule has 0 saturated carbocycles. The summed E-state index contributed by atoms with van der Waals surface area (Å²) in [5.41, 5.74) is 1.32. The van der Waals surface area contributed by atoms with Crippen molar-refractivity contribution < 1.29 is 0 Å². The quantitative estimate of drug-likeness (QED) is 0.487. The molecule has 0 bridgehead atoms. The number of hydrogen-bond donors (Lipinski definition) is 0. The van der Waals surface area contributed by atoms with E-state index in [0.29, 0.717) is 0 Å². The van der Waals surface area contributed by atoms with E-state index in [1.807, 2.05) is 47.6 Å². The second-order valence-corrected chi connectivity index (χ2v) is 1.53. The molecular weight excluding hydrogens is 132 g/mol. The Bertz CT molecular complexity index is 86.2. The van der Waals surface area contributed by atoms with Crippen molar-refractivity contribution >= 4 is 0 Å². The molecule has 0 atom stereocenters. The molecule has 0 aliphatic carbocycles. The second-order valence-electron chi connectivity index (χ2n) is 1.53. The number of hydrogen-bond acceptors (Lipinski definition) is 0. The van der Waals surface area contributed by atoms with E-state index in [4.69, 9.17) is 0 Å². The average molecular weight is 156 g/mol. The van der Waals surface area contributed by atoms with Gasteiger partial charge in [0.05, 0.1) is 0 Å². The van der Waals surface area contributed by atoms with Crippen LogP contribution in [0.5, 0.6) is 0 Å². The predicted octanol–water partition coefficient (Wildman–Crippen LogP) is 4.58. The van der Waals surface area contributed by atoms with Crippen molar-refractivity contribution in [1.82, 2.24) is 0 Å². The molecule has 0 spiro atoms. The molecule has 0 radical (unpaired) electrons. The van der Waals surface area contributed by atoms with E-state index in [2.05, 4.69) is 19.1 Å². The van der Waals surface area contributed by atoms with Crippen LogP contribution in [0.3, 0.4) is 0 Å². The zero-order valence-electron chi connectivity index (χ0n) is 9.23. The fourth-order valence-electron chi connectivity index (χ4n) is 0.359. The summed E-state index contributed by atoms with van der Waals surface area (Å²) in [6.45, 7) is 14.1. The Morgan fingerprint density at radius 3 is 1.36 bits per heavy atom. The second kappa shape index (κ2) is 22.7. The van der Waals surface area contributed by atoms with Crippen LogP contribution in [0, 0.1) is 0 Å². The first-order chi connectivity index (χ1) is 5.31. The van der Waals surface area contributed by atoms with Gasteiger partial charge in [-0.05, 0) is 20.8 Å². The summed E-state index contributed by atoms with van der Waals surface area (Å²) in [7, 11) is 0. The topological polar surface area (TPSA) is 0 Å². The van der Waals surface area contributed by atoms with Gasteiger partial charge >= 0.3 is 0 Å². The van der Waals surface area contributed by atoms with E-state index in [9.17, 15) is 0 Å². The van der Waals surface area contributed by atoms with Crippen molar-refractivity contribution in [3.05, 3.63) is 23.8 Å². The monoisotopic (exact) mass is 156 g/mol. The maximum absolute atomic E-state index is 2.08.